The number of carbonyl (C=O) groups excluding carboxylic acids is 2. The van der Waals surface area contributed by atoms with Gasteiger partial charge in [0.05, 0.1) is 27.0 Å². The van der Waals surface area contributed by atoms with Crippen LogP contribution in [0, 0.1) is 0 Å². The van der Waals surface area contributed by atoms with Crippen molar-refractivity contribution in [1.29, 1.82) is 0 Å². The van der Waals surface area contributed by atoms with Gasteiger partial charge in [0.25, 0.3) is 11.8 Å². The van der Waals surface area contributed by atoms with E-state index in [0.29, 0.717) is 23.7 Å². The fourth-order valence-electron chi connectivity index (χ4n) is 2.86. The van der Waals surface area contributed by atoms with Crippen molar-refractivity contribution in [2.45, 2.75) is 6.61 Å². The summed E-state index contributed by atoms with van der Waals surface area (Å²) in [5, 5.41) is 6.45. The van der Waals surface area contributed by atoms with Gasteiger partial charge in [0.2, 0.25) is 0 Å². The maximum atomic E-state index is 12.3. The first-order valence-electron chi connectivity index (χ1n) is 10.3. The summed E-state index contributed by atoms with van der Waals surface area (Å²) in [6, 6.07) is 20.0. The second kappa shape index (κ2) is 12.4. The van der Waals surface area contributed by atoms with E-state index >= 15 is 0 Å². The molecule has 0 atom stereocenters. The van der Waals surface area contributed by atoms with Crippen LogP contribution in [-0.4, -0.2) is 38.8 Å². The minimum Gasteiger partial charge on any atom is -0.493 e. The summed E-state index contributed by atoms with van der Waals surface area (Å²) in [6.45, 7) is 0.235. The molecule has 0 saturated heterocycles. The number of benzene rings is 3. The summed E-state index contributed by atoms with van der Waals surface area (Å²) in [5.74, 6) is 0.782. The van der Waals surface area contributed by atoms with Gasteiger partial charge in [-0.15, -0.1) is 0 Å². The molecule has 2 N–H and O–H groups in total. The largest absolute Gasteiger partial charge is 0.493 e. The molecule has 34 heavy (non-hydrogen) atoms. The minimum absolute atomic E-state index is 0.229. The van der Waals surface area contributed by atoms with Crippen molar-refractivity contribution in [3.05, 3.63) is 87.9 Å². The molecule has 0 radical (unpaired) electrons. The molecule has 0 saturated carbocycles. The molecular formula is C25H24BrN3O5. The fourth-order valence-corrected chi connectivity index (χ4v) is 3.12. The van der Waals surface area contributed by atoms with Crippen molar-refractivity contribution < 1.29 is 23.8 Å². The third kappa shape index (κ3) is 7.35. The van der Waals surface area contributed by atoms with Crippen molar-refractivity contribution in [3.8, 4) is 17.2 Å². The van der Waals surface area contributed by atoms with E-state index in [0.717, 1.165) is 21.3 Å². The molecule has 176 valence electrons. The van der Waals surface area contributed by atoms with E-state index in [2.05, 4.69) is 31.8 Å². The summed E-state index contributed by atoms with van der Waals surface area (Å²) < 4.78 is 17.1. The molecule has 3 aromatic carbocycles. The SMILES string of the molecule is COc1ccc(C(=O)NCC(=O)NN=Cc2ccc(OCc3ccc(Br)cc3)cc2)cc1OC. The molecule has 0 spiro atoms. The molecular weight excluding hydrogens is 502 g/mol. The predicted molar refractivity (Wildman–Crippen MR) is 133 cm³/mol. The van der Waals surface area contributed by atoms with Crippen molar-refractivity contribution in [1.82, 2.24) is 10.7 Å². The number of nitrogens with one attached hydrogen (secondary N) is 2. The summed E-state index contributed by atoms with van der Waals surface area (Å²) >= 11 is 3.41. The van der Waals surface area contributed by atoms with E-state index in [9.17, 15) is 9.59 Å². The van der Waals surface area contributed by atoms with Crippen LogP contribution in [0.1, 0.15) is 21.5 Å². The molecule has 8 nitrogen and oxygen atoms in total. The van der Waals surface area contributed by atoms with Gasteiger partial charge in [-0.3, -0.25) is 9.59 Å². The summed E-state index contributed by atoms with van der Waals surface area (Å²) in [4.78, 5) is 24.2. The molecule has 3 aromatic rings. The van der Waals surface area contributed by atoms with Gasteiger partial charge in [-0.05, 0) is 65.7 Å². The highest BCUT2D eigenvalue weighted by Crippen LogP contribution is 2.27. The molecule has 0 aliphatic rings. The van der Waals surface area contributed by atoms with Crippen LogP contribution in [0.25, 0.3) is 0 Å². The third-order valence-corrected chi connectivity index (χ3v) is 5.19. The molecule has 2 amide bonds. The topological polar surface area (TPSA) is 98.2 Å². The van der Waals surface area contributed by atoms with Crippen molar-refractivity contribution in [2.75, 3.05) is 20.8 Å². The average Bonchev–Trinajstić information content (AvgIpc) is 2.87. The molecule has 3 rings (SSSR count). The Kier molecular flexibility index (Phi) is 9.04. The van der Waals surface area contributed by atoms with Crippen molar-refractivity contribution in [3.63, 3.8) is 0 Å². The van der Waals surface area contributed by atoms with Crippen LogP contribution in [0.15, 0.2) is 76.3 Å². The lowest BCUT2D eigenvalue weighted by atomic mass is 10.2. The van der Waals surface area contributed by atoms with Crippen LogP contribution in [0.2, 0.25) is 0 Å². The number of hydrogen-bond acceptors (Lipinski definition) is 6. The first kappa shape index (κ1) is 24.8. The van der Waals surface area contributed by atoms with E-state index in [1.807, 2.05) is 48.5 Å². The Morgan fingerprint density at radius 3 is 2.32 bits per heavy atom. The molecule has 0 bridgehead atoms. The van der Waals surface area contributed by atoms with Crippen molar-refractivity contribution >= 4 is 34.0 Å². The van der Waals surface area contributed by atoms with E-state index in [1.165, 1.54) is 26.5 Å². The Morgan fingerprint density at radius 2 is 1.65 bits per heavy atom. The lowest BCUT2D eigenvalue weighted by molar-refractivity contribution is -0.120. The summed E-state index contributed by atoms with van der Waals surface area (Å²) in [5.41, 5.74) is 4.57. The molecule has 0 fully saturated rings. The van der Waals surface area contributed by atoms with Gasteiger partial charge in [0.1, 0.15) is 12.4 Å². The minimum atomic E-state index is -0.459. The number of ether oxygens (including phenoxy) is 3. The second-order valence-electron chi connectivity index (χ2n) is 7.03. The maximum absolute atomic E-state index is 12.3. The number of amides is 2. The maximum Gasteiger partial charge on any atom is 0.259 e. The van der Waals surface area contributed by atoms with E-state index in [1.54, 1.807) is 12.1 Å². The highest BCUT2D eigenvalue weighted by molar-refractivity contribution is 9.10. The summed E-state index contributed by atoms with van der Waals surface area (Å²) in [7, 11) is 2.99. The normalized spacial score (nSPS) is 10.6. The van der Waals surface area contributed by atoms with E-state index < -0.39 is 11.8 Å². The van der Waals surface area contributed by atoms with Crippen LogP contribution < -0.4 is 25.0 Å². The van der Waals surface area contributed by atoms with Crippen LogP contribution in [0.4, 0.5) is 0 Å². The predicted octanol–water partition coefficient (Wildman–Crippen LogP) is 3.93. The molecule has 0 heterocycles. The molecule has 0 aliphatic heterocycles. The van der Waals surface area contributed by atoms with E-state index in [4.69, 9.17) is 14.2 Å². The number of nitrogens with zero attached hydrogens (tertiary/aromatic N) is 1. The smallest absolute Gasteiger partial charge is 0.259 e. The van der Waals surface area contributed by atoms with Crippen LogP contribution in [-0.2, 0) is 11.4 Å². The zero-order chi connectivity index (χ0) is 24.3. The monoisotopic (exact) mass is 525 g/mol. The first-order valence-corrected chi connectivity index (χ1v) is 11.1. The number of carbonyl (C=O) groups is 2. The van der Waals surface area contributed by atoms with Gasteiger partial charge in [-0.2, -0.15) is 5.10 Å². The molecule has 0 aromatic heterocycles. The average molecular weight is 526 g/mol. The number of methoxy groups -OCH3 is 2. The zero-order valence-corrected chi connectivity index (χ0v) is 20.3. The second-order valence-corrected chi connectivity index (χ2v) is 7.95. The quantitative estimate of drug-likeness (QED) is 0.308. The lowest BCUT2D eigenvalue weighted by Gasteiger charge is -2.09. The van der Waals surface area contributed by atoms with Gasteiger partial charge >= 0.3 is 0 Å². The Hall–Kier alpha value is -3.85. The van der Waals surface area contributed by atoms with Gasteiger partial charge in [0, 0.05) is 10.0 Å². The van der Waals surface area contributed by atoms with Crippen LogP contribution in [0.5, 0.6) is 17.2 Å². The fraction of sp³-hybridized carbons (Fsp3) is 0.160. The third-order valence-electron chi connectivity index (χ3n) is 4.66. The first-order chi connectivity index (χ1) is 16.5. The standard InChI is InChI=1S/C25H24BrN3O5/c1-32-22-12-7-19(13-23(22)33-2)25(31)27-15-24(30)29-28-14-17-5-10-21(11-6-17)34-16-18-3-8-20(26)9-4-18/h3-14H,15-16H2,1-2H3,(H,27,31)(H,29,30). The van der Waals surface area contributed by atoms with E-state index in [-0.39, 0.29) is 6.54 Å². The number of rotatable bonds is 10. The zero-order valence-electron chi connectivity index (χ0n) is 18.7. The van der Waals surface area contributed by atoms with Gasteiger partial charge in [0.15, 0.2) is 11.5 Å². The van der Waals surface area contributed by atoms with Gasteiger partial charge < -0.3 is 19.5 Å². The Bertz CT molecular complexity index is 1150. The highest BCUT2D eigenvalue weighted by Gasteiger charge is 2.11. The summed E-state index contributed by atoms with van der Waals surface area (Å²) in [6.07, 6.45) is 1.51. The van der Waals surface area contributed by atoms with Gasteiger partial charge in [-0.25, -0.2) is 5.43 Å². The van der Waals surface area contributed by atoms with Crippen LogP contribution >= 0.6 is 15.9 Å². The number of halogens is 1. The van der Waals surface area contributed by atoms with Gasteiger partial charge in [-0.1, -0.05) is 28.1 Å². The Morgan fingerprint density at radius 1 is 0.941 bits per heavy atom. The molecule has 0 unspecified atom stereocenters. The number of hydrazone groups is 1. The Labute approximate surface area is 206 Å². The van der Waals surface area contributed by atoms with Crippen molar-refractivity contribution in [2.24, 2.45) is 5.10 Å². The lowest BCUT2D eigenvalue weighted by Crippen LogP contribution is -2.34. The Balaban J connectivity index is 1.42. The number of hydrogen-bond donors (Lipinski definition) is 2. The highest BCUT2D eigenvalue weighted by atomic mass is 79.9. The van der Waals surface area contributed by atoms with Crippen LogP contribution in [0.3, 0.4) is 0 Å². The molecule has 0 aliphatic carbocycles. The molecule has 9 heteroatoms.